The first-order valence-electron chi connectivity index (χ1n) is 3.65. The molecule has 0 aromatic heterocycles. The zero-order chi connectivity index (χ0) is 8.55. The van der Waals surface area contributed by atoms with Crippen molar-refractivity contribution in [1.82, 2.24) is 0 Å². The molecule has 3 heteroatoms. The van der Waals surface area contributed by atoms with Gasteiger partial charge in [0.15, 0.2) is 11.5 Å². The second-order valence-electron chi connectivity index (χ2n) is 2.62. The quantitative estimate of drug-likeness (QED) is 0.576. The van der Waals surface area contributed by atoms with Crippen LogP contribution in [0.4, 0.5) is 0 Å². The van der Waals surface area contributed by atoms with Gasteiger partial charge in [0.05, 0.1) is 0 Å². The lowest BCUT2D eigenvalue weighted by Crippen LogP contribution is -2.06. The average molecular weight is 164 g/mol. The Morgan fingerprint density at radius 1 is 1.25 bits per heavy atom. The number of aliphatic hydroxyl groups excluding tert-OH is 2. The molecule has 1 aliphatic heterocycles. The zero-order valence-corrected chi connectivity index (χ0v) is 6.32. The molecule has 2 rings (SSSR count). The van der Waals surface area contributed by atoms with Crippen molar-refractivity contribution in [3.8, 4) is 0 Å². The van der Waals surface area contributed by atoms with Gasteiger partial charge in [-0.15, -0.1) is 0 Å². The molecule has 0 aromatic rings. The number of ether oxygens (including phenoxy) is 1. The smallest absolute Gasteiger partial charge is 0.282 e. The van der Waals surface area contributed by atoms with Gasteiger partial charge in [0.25, 0.3) is 5.95 Å². The van der Waals surface area contributed by atoms with E-state index in [0.717, 1.165) is 12.0 Å². The minimum absolute atomic E-state index is 0.0622. The van der Waals surface area contributed by atoms with Crippen molar-refractivity contribution in [1.29, 1.82) is 0 Å². The largest absolute Gasteiger partial charge is 0.504 e. The van der Waals surface area contributed by atoms with Crippen LogP contribution in [0.15, 0.2) is 47.3 Å². The van der Waals surface area contributed by atoms with Gasteiger partial charge in [0.1, 0.15) is 0 Å². The molecular weight excluding hydrogens is 156 g/mol. The number of hydrogen-bond donors (Lipinski definition) is 2. The highest BCUT2D eigenvalue weighted by Crippen LogP contribution is 2.28. The van der Waals surface area contributed by atoms with Crippen molar-refractivity contribution < 1.29 is 14.9 Å². The minimum Gasteiger partial charge on any atom is -0.504 e. The predicted octanol–water partition coefficient (Wildman–Crippen LogP) is 2.07. The Morgan fingerprint density at radius 3 is 2.92 bits per heavy atom. The molecular formula is C9H8O3. The Labute approximate surface area is 69.6 Å². The summed E-state index contributed by atoms with van der Waals surface area (Å²) in [5, 5.41) is 18.3. The van der Waals surface area contributed by atoms with Gasteiger partial charge in [0, 0.05) is 11.6 Å². The molecule has 0 amide bonds. The molecule has 1 heterocycles. The fourth-order valence-corrected chi connectivity index (χ4v) is 1.20. The Morgan fingerprint density at radius 2 is 2.08 bits per heavy atom. The van der Waals surface area contributed by atoms with Gasteiger partial charge in [-0.25, -0.2) is 0 Å². The van der Waals surface area contributed by atoms with Crippen LogP contribution in [0.1, 0.15) is 6.42 Å². The molecule has 0 saturated carbocycles. The van der Waals surface area contributed by atoms with E-state index in [1.165, 1.54) is 6.08 Å². The van der Waals surface area contributed by atoms with Gasteiger partial charge in [-0.1, -0.05) is 6.08 Å². The summed E-state index contributed by atoms with van der Waals surface area (Å²) in [6.07, 6.45) is 7.32. The number of fused-ring (bicyclic) bond motifs is 1. The van der Waals surface area contributed by atoms with Crippen molar-refractivity contribution in [3.63, 3.8) is 0 Å². The Balaban J connectivity index is 2.44. The monoisotopic (exact) mass is 164 g/mol. The first kappa shape index (κ1) is 7.03. The van der Waals surface area contributed by atoms with Crippen LogP contribution in [0, 0.1) is 0 Å². The molecule has 0 atom stereocenters. The molecule has 0 bridgehead atoms. The summed E-state index contributed by atoms with van der Waals surface area (Å²) in [6.45, 7) is 0. The van der Waals surface area contributed by atoms with Crippen LogP contribution in [0.3, 0.4) is 0 Å². The van der Waals surface area contributed by atoms with Crippen LogP contribution in [-0.2, 0) is 4.74 Å². The van der Waals surface area contributed by atoms with Crippen LogP contribution in [0.5, 0.6) is 0 Å². The molecule has 0 unspecified atom stereocenters. The standard InChI is InChI=1S/C9H8O3/c10-7-3-1-2-6-4-5-8(11)12-9(6)7/h1,3-5,10-11H,2H2. The number of aliphatic hydroxyl groups is 2. The average Bonchev–Trinajstić information content (AvgIpc) is 2.07. The molecule has 2 aliphatic rings. The van der Waals surface area contributed by atoms with E-state index < -0.39 is 0 Å². The summed E-state index contributed by atoms with van der Waals surface area (Å²) in [5.74, 6) is 0.236. The lowest BCUT2D eigenvalue weighted by Gasteiger charge is -2.18. The third-order valence-electron chi connectivity index (χ3n) is 1.77. The van der Waals surface area contributed by atoms with Crippen LogP contribution in [-0.4, -0.2) is 10.2 Å². The second-order valence-corrected chi connectivity index (χ2v) is 2.62. The van der Waals surface area contributed by atoms with Crippen molar-refractivity contribution >= 4 is 0 Å². The van der Waals surface area contributed by atoms with Gasteiger partial charge in [-0.05, 0) is 18.6 Å². The van der Waals surface area contributed by atoms with E-state index in [2.05, 4.69) is 0 Å². The molecule has 0 aromatic carbocycles. The van der Waals surface area contributed by atoms with Gasteiger partial charge < -0.3 is 14.9 Å². The summed E-state index contributed by atoms with van der Waals surface area (Å²) in [7, 11) is 0. The molecule has 12 heavy (non-hydrogen) atoms. The molecule has 3 nitrogen and oxygen atoms in total. The zero-order valence-electron chi connectivity index (χ0n) is 6.32. The van der Waals surface area contributed by atoms with E-state index in [1.54, 1.807) is 12.2 Å². The predicted molar refractivity (Wildman–Crippen MR) is 43.3 cm³/mol. The minimum atomic E-state index is -0.185. The SMILES string of the molecule is OC1=CC=C2CC=CC(O)=C2O1. The van der Waals surface area contributed by atoms with E-state index in [4.69, 9.17) is 9.84 Å². The Kier molecular flexibility index (Phi) is 1.43. The van der Waals surface area contributed by atoms with E-state index in [-0.39, 0.29) is 11.7 Å². The maximum Gasteiger partial charge on any atom is 0.282 e. The van der Waals surface area contributed by atoms with Crippen molar-refractivity contribution in [2.75, 3.05) is 0 Å². The van der Waals surface area contributed by atoms with E-state index in [0.29, 0.717) is 5.76 Å². The van der Waals surface area contributed by atoms with Gasteiger partial charge in [0.2, 0.25) is 0 Å². The van der Waals surface area contributed by atoms with Crippen molar-refractivity contribution in [2.24, 2.45) is 0 Å². The Hall–Kier alpha value is -1.64. The normalized spacial score (nSPS) is 21.0. The highest BCUT2D eigenvalue weighted by atomic mass is 16.6. The highest BCUT2D eigenvalue weighted by Gasteiger charge is 2.18. The van der Waals surface area contributed by atoms with Crippen LogP contribution < -0.4 is 0 Å². The third-order valence-corrected chi connectivity index (χ3v) is 1.77. The molecule has 2 N–H and O–H groups in total. The first-order valence-corrected chi connectivity index (χ1v) is 3.65. The van der Waals surface area contributed by atoms with E-state index in [9.17, 15) is 5.11 Å². The van der Waals surface area contributed by atoms with Crippen LogP contribution in [0.25, 0.3) is 0 Å². The fourth-order valence-electron chi connectivity index (χ4n) is 1.20. The summed E-state index contributed by atoms with van der Waals surface area (Å²) >= 11 is 0. The molecule has 1 aliphatic carbocycles. The number of allylic oxidation sites excluding steroid dienone is 5. The van der Waals surface area contributed by atoms with Crippen molar-refractivity contribution in [3.05, 3.63) is 47.3 Å². The Bertz CT molecular complexity index is 332. The summed E-state index contributed by atoms with van der Waals surface area (Å²) in [6, 6.07) is 0. The fraction of sp³-hybridized carbons (Fsp3) is 0.111. The van der Waals surface area contributed by atoms with Gasteiger partial charge >= 0.3 is 0 Å². The maximum atomic E-state index is 9.31. The highest BCUT2D eigenvalue weighted by molar-refractivity contribution is 5.42. The molecule has 0 spiro atoms. The number of hydrogen-bond acceptors (Lipinski definition) is 3. The maximum absolute atomic E-state index is 9.31. The third kappa shape index (κ3) is 0.993. The lowest BCUT2D eigenvalue weighted by molar-refractivity contribution is 0.137. The van der Waals surface area contributed by atoms with Crippen LogP contribution >= 0.6 is 0 Å². The van der Waals surface area contributed by atoms with Crippen LogP contribution in [0.2, 0.25) is 0 Å². The molecule has 0 radical (unpaired) electrons. The van der Waals surface area contributed by atoms with E-state index >= 15 is 0 Å². The molecule has 0 fully saturated rings. The molecule has 0 saturated heterocycles. The van der Waals surface area contributed by atoms with Crippen molar-refractivity contribution in [2.45, 2.75) is 6.42 Å². The second kappa shape index (κ2) is 2.44. The summed E-state index contributed by atoms with van der Waals surface area (Å²) < 4.78 is 4.93. The number of rotatable bonds is 0. The van der Waals surface area contributed by atoms with Gasteiger partial charge in [-0.3, -0.25) is 0 Å². The lowest BCUT2D eigenvalue weighted by atomic mass is 10.0. The topological polar surface area (TPSA) is 49.7 Å². The first-order chi connectivity index (χ1) is 5.77. The van der Waals surface area contributed by atoms with E-state index in [1.807, 2.05) is 6.08 Å². The molecule has 62 valence electrons. The summed E-state index contributed by atoms with van der Waals surface area (Å²) in [5.41, 5.74) is 0.882. The summed E-state index contributed by atoms with van der Waals surface area (Å²) in [4.78, 5) is 0. The van der Waals surface area contributed by atoms with Gasteiger partial charge in [-0.2, -0.15) is 0 Å².